The van der Waals surface area contributed by atoms with Crippen LogP contribution in [0.2, 0.25) is 0 Å². The summed E-state index contributed by atoms with van der Waals surface area (Å²) in [5.41, 5.74) is 1.74. The van der Waals surface area contributed by atoms with Gasteiger partial charge in [-0.2, -0.15) is 0 Å². The minimum absolute atomic E-state index is 0.261. The Morgan fingerprint density at radius 1 is 1.50 bits per heavy atom. The maximum atomic E-state index is 9.63. The molecule has 2 aromatic rings. The van der Waals surface area contributed by atoms with Crippen molar-refractivity contribution in [2.75, 3.05) is 5.32 Å². The Balaban J connectivity index is 2.10. The Kier molecular flexibility index (Phi) is 3.14. The van der Waals surface area contributed by atoms with Gasteiger partial charge < -0.3 is 14.9 Å². The predicted octanol–water partition coefficient (Wildman–Crippen LogP) is 3.06. The number of hydrogen-bond acceptors (Lipinski definition) is 4. The Labute approximate surface area is 101 Å². The largest absolute Gasteiger partial charge is 0.508 e. The second kappa shape index (κ2) is 4.57. The summed E-state index contributed by atoms with van der Waals surface area (Å²) in [6, 6.07) is 5.30. The Hall–Kier alpha value is -1.49. The molecule has 84 valence electrons. The molecule has 1 heterocycles. The smallest absolute Gasteiger partial charge is 0.172 e. The molecule has 0 saturated carbocycles. The lowest BCUT2D eigenvalue weighted by atomic mass is 10.2. The molecule has 0 aliphatic carbocycles. The van der Waals surface area contributed by atoms with Crippen molar-refractivity contribution >= 4 is 21.7 Å². The first-order chi connectivity index (χ1) is 7.66. The van der Waals surface area contributed by atoms with Crippen LogP contribution in [0.3, 0.4) is 0 Å². The van der Waals surface area contributed by atoms with Crippen molar-refractivity contribution in [2.24, 2.45) is 0 Å². The summed E-state index contributed by atoms with van der Waals surface area (Å²) in [5, 5.41) is 16.5. The molecule has 0 unspecified atom stereocenters. The van der Waals surface area contributed by atoms with Crippen LogP contribution in [0.25, 0.3) is 0 Å². The summed E-state index contributed by atoms with van der Waals surface area (Å²) in [7, 11) is 0. The summed E-state index contributed by atoms with van der Waals surface area (Å²) < 4.78 is 5.73. The van der Waals surface area contributed by atoms with Crippen molar-refractivity contribution in [1.82, 2.24) is 5.16 Å². The molecule has 0 fully saturated rings. The summed E-state index contributed by atoms with van der Waals surface area (Å²) >= 11 is 3.36. The van der Waals surface area contributed by atoms with E-state index in [0.29, 0.717) is 12.4 Å². The second-order valence-corrected chi connectivity index (χ2v) is 4.39. The molecule has 5 heteroatoms. The molecule has 0 spiro atoms. The van der Waals surface area contributed by atoms with Gasteiger partial charge in [0.05, 0.1) is 0 Å². The number of nitrogens with one attached hydrogen (secondary N) is 1. The van der Waals surface area contributed by atoms with E-state index in [1.54, 1.807) is 18.4 Å². The molecule has 0 aliphatic heterocycles. The van der Waals surface area contributed by atoms with Gasteiger partial charge >= 0.3 is 0 Å². The zero-order chi connectivity index (χ0) is 11.5. The number of anilines is 1. The first kappa shape index (κ1) is 11.0. The fraction of sp³-hybridized carbons (Fsp3) is 0.182. The normalized spacial score (nSPS) is 10.4. The lowest BCUT2D eigenvalue weighted by molar-refractivity contribution is 0.421. The van der Waals surface area contributed by atoms with Crippen molar-refractivity contribution in [3.63, 3.8) is 0 Å². The highest BCUT2D eigenvalue weighted by atomic mass is 79.9. The van der Waals surface area contributed by atoms with E-state index in [1.807, 2.05) is 13.0 Å². The molecular formula is C11H11BrN2O2. The average molecular weight is 283 g/mol. The summed E-state index contributed by atoms with van der Waals surface area (Å²) in [4.78, 5) is 0. The van der Waals surface area contributed by atoms with Crippen molar-refractivity contribution in [3.05, 3.63) is 40.1 Å². The number of phenols is 1. The van der Waals surface area contributed by atoms with Crippen LogP contribution in [0, 0.1) is 6.92 Å². The number of aromatic nitrogens is 1. The summed E-state index contributed by atoms with van der Waals surface area (Å²) in [6.07, 6.45) is 1.57. The Morgan fingerprint density at radius 3 is 3.00 bits per heavy atom. The van der Waals surface area contributed by atoms with Crippen LogP contribution in [-0.4, -0.2) is 10.3 Å². The van der Waals surface area contributed by atoms with E-state index in [-0.39, 0.29) is 5.75 Å². The quantitative estimate of drug-likeness (QED) is 0.909. The van der Waals surface area contributed by atoms with E-state index in [9.17, 15) is 5.11 Å². The maximum absolute atomic E-state index is 9.63. The van der Waals surface area contributed by atoms with Gasteiger partial charge in [-0.05, 0) is 25.1 Å². The number of rotatable bonds is 3. The van der Waals surface area contributed by atoms with E-state index in [2.05, 4.69) is 26.4 Å². The maximum Gasteiger partial charge on any atom is 0.172 e. The highest BCUT2D eigenvalue weighted by Crippen LogP contribution is 2.23. The molecular weight excluding hydrogens is 272 g/mol. The van der Waals surface area contributed by atoms with Crippen LogP contribution in [0.15, 0.2) is 33.5 Å². The number of halogens is 1. The zero-order valence-electron chi connectivity index (χ0n) is 8.70. The van der Waals surface area contributed by atoms with E-state index in [0.717, 1.165) is 15.6 Å². The number of phenolic OH excluding ortho intramolecular Hbond substituents is 1. The van der Waals surface area contributed by atoms with Crippen molar-refractivity contribution in [2.45, 2.75) is 13.5 Å². The third-order valence-electron chi connectivity index (χ3n) is 2.23. The van der Waals surface area contributed by atoms with Crippen LogP contribution in [-0.2, 0) is 6.54 Å². The molecule has 16 heavy (non-hydrogen) atoms. The third kappa shape index (κ3) is 2.36. The predicted molar refractivity (Wildman–Crippen MR) is 64.4 cm³/mol. The lowest BCUT2D eigenvalue weighted by Gasteiger charge is -2.06. The molecule has 0 bridgehead atoms. The third-order valence-corrected chi connectivity index (χ3v) is 2.73. The minimum atomic E-state index is 0.261. The van der Waals surface area contributed by atoms with Crippen LogP contribution >= 0.6 is 15.9 Å². The van der Waals surface area contributed by atoms with Crippen molar-refractivity contribution < 1.29 is 9.63 Å². The molecule has 1 aromatic heterocycles. The van der Waals surface area contributed by atoms with Crippen LogP contribution in [0.5, 0.6) is 5.75 Å². The molecule has 0 atom stereocenters. The van der Waals surface area contributed by atoms with Crippen LogP contribution in [0.4, 0.5) is 5.82 Å². The van der Waals surface area contributed by atoms with Gasteiger partial charge in [0.15, 0.2) is 5.82 Å². The Morgan fingerprint density at radius 2 is 2.31 bits per heavy atom. The zero-order valence-corrected chi connectivity index (χ0v) is 10.3. The second-order valence-electron chi connectivity index (χ2n) is 3.47. The van der Waals surface area contributed by atoms with Gasteiger partial charge in [0.25, 0.3) is 0 Å². The van der Waals surface area contributed by atoms with Gasteiger partial charge in [-0.1, -0.05) is 21.1 Å². The lowest BCUT2D eigenvalue weighted by Crippen LogP contribution is -2.01. The number of hydrogen-bond donors (Lipinski definition) is 2. The molecule has 0 radical (unpaired) electrons. The Bertz CT molecular complexity index is 496. The first-order valence-corrected chi connectivity index (χ1v) is 5.58. The topological polar surface area (TPSA) is 58.3 Å². The first-order valence-electron chi connectivity index (χ1n) is 4.79. The molecule has 0 saturated heterocycles. The summed E-state index contributed by atoms with van der Waals surface area (Å²) in [5.74, 6) is 0.955. The molecule has 1 aromatic carbocycles. The van der Waals surface area contributed by atoms with Crippen molar-refractivity contribution in [3.8, 4) is 5.75 Å². The standard InChI is InChI=1S/C11H11BrN2O2/c1-7-6-16-14-11(7)13-5-8-4-9(12)2-3-10(8)15/h2-4,6,15H,5H2,1H3,(H,13,14). The van der Waals surface area contributed by atoms with Crippen LogP contribution in [0.1, 0.15) is 11.1 Å². The number of benzene rings is 1. The highest BCUT2D eigenvalue weighted by molar-refractivity contribution is 9.10. The summed E-state index contributed by atoms with van der Waals surface area (Å²) in [6.45, 7) is 2.40. The van der Waals surface area contributed by atoms with Gasteiger partial charge in [0.1, 0.15) is 12.0 Å². The van der Waals surface area contributed by atoms with E-state index in [4.69, 9.17) is 4.52 Å². The minimum Gasteiger partial charge on any atom is -0.508 e. The van der Waals surface area contributed by atoms with E-state index >= 15 is 0 Å². The number of nitrogens with zero attached hydrogens (tertiary/aromatic N) is 1. The van der Waals surface area contributed by atoms with Gasteiger partial charge in [0, 0.05) is 22.1 Å². The van der Waals surface area contributed by atoms with Gasteiger partial charge in [0.2, 0.25) is 0 Å². The number of aryl methyl sites for hydroxylation is 1. The molecule has 0 aliphatic rings. The monoisotopic (exact) mass is 282 g/mol. The fourth-order valence-corrected chi connectivity index (χ4v) is 1.74. The van der Waals surface area contributed by atoms with Gasteiger partial charge in [-0.3, -0.25) is 0 Å². The molecule has 4 nitrogen and oxygen atoms in total. The van der Waals surface area contributed by atoms with Crippen LogP contribution < -0.4 is 5.32 Å². The van der Waals surface area contributed by atoms with Gasteiger partial charge in [-0.25, -0.2) is 0 Å². The highest BCUT2D eigenvalue weighted by Gasteiger charge is 2.05. The SMILES string of the molecule is Cc1conc1NCc1cc(Br)ccc1O. The van der Waals surface area contributed by atoms with E-state index in [1.165, 1.54) is 0 Å². The number of aromatic hydroxyl groups is 1. The average Bonchev–Trinajstić information content (AvgIpc) is 2.66. The molecule has 2 N–H and O–H groups in total. The molecule has 0 amide bonds. The van der Waals surface area contributed by atoms with Crippen molar-refractivity contribution in [1.29, 1.82) is 0 Å². The fourth-order valence-electron chi connectivity index (χ4n) is 1.33. The van der Waals surface area contributed by atoms with Gasteiger partial charge in [-0.15, -0.1) is 0 Å². The molecule has 2 rings (SSSR count). The van der Waals surface area contributed by atoms with E-state index < -0.39 is 0 Å².